The highest BCUT2D eigenvalue weighted by molar-refractivity contribution is 7.92. The number of anilines is 1. The molecule has 0 amide bonds. The summed E-state index contributed by atoms with van der Waals surface area (Å²) < 4.78 is 26.3. The molecule has 1 aromatic heterocycles. The molecule has 0 fully saturated rings. The predicted molar refractivity (Wildman–Crippen MR) is 79.7 cm³/mol. The van der Waals surface area contributed by atoms with E-state index in [2.05, 4.69) is 21.5 Å². The first-order valence-corrected chi connectivity index (χ1v) is 7.93. The van der Waals surface area contributed by atoms with Gasteiger partial charge in [-0.15, -0.1) is 0 Å². The number of aliphatic hydroxyl groups is 1. The Balaban J connectivity index is 2.77. The van der Waals surface area contributed by atoms with E-state index >= 15 is 0 Å². The standard InChI is InChI=1S/C14H20N2O3S/c1-14(2,3)7-10-20(18,19)16-13-11-12(5-4-9-17)6-8-15-13/h6,8,11,17H,7,9-10H2,1-3H3,(H,15,16). The molecule has 6 heteroatoms. The van der Waals surface area contributed by atoms with Gasteiger partial charge >= 0.3 is 0 Å². The number of nitrogens with one attached hydrogen (secondary N) is 1. The van der Waals surface area contributed by atoms with Gasteiger partial charge in [0.2, 0.25) is 10.0 Å². The first-order chi connectivity index (χ1) is 9.22. The minimum Gasteiger partial charge on any atom is -0.384 e. The molecule has 1 rings (SSSR count). The molecule has 0 atom stereocenters. The fraction of sp³-hybridized carbons (Fsp3) is 0.500. The van der Waals surface area contributed by atoms with Crippen molar-refractivity contribution in [1.29, 1.82) is 0 Å². The van der Waals surface area contributed by atoms with Crippen LogP contribution in [0.2, 0.25) is 0 Å². The predicted octanol–water partition coefficient (Wildman–Crippen LogP) is 1.60. The molecule has 2 N–H and O–H groups in total. The van der Waals surface area contributed by atoms with E-state index in [1.165, 1.54) is 12.3 Å². The molecule has 0 radical (unpaired) electrons. The molecule has 0 aliphatic heterocycles. The third-order valence-corrected chi connectivity index (χ3v) is 3.71. The molecule has 0 saturated heterocycles. The molecule has 0 bridgehead atoms. The van der Waals surface area contributed by atoms with Gasteiger partial charge in [0, 0.05) is 11.8 Å². The van der Waals surface area contributed by atoms with Crippen molar-refractivity contribution < 1.29 is 13.5 Å². The summed E-state index contributed by atoms with van der Waals surface area (Å²) >= 11 is 0. The Morgan fingerprint density at radius 2 is 2.10 bits per heavy atom. The zero-order valence-electron chi connectivity index (χ0n) is 12.0. The molecule has 1 aromatic rings. The van der Waals surface area contributed by atoms with E-state index in [4.69, 9.17) is 5.11 Å². The number of hydrogen-bond acceptors (Lipinski definition) is 4. The maximum absolute atomic E-state index is 11.9. The highest BCUT2D eigenvalue weighted by Gasteiger charge is 2.17. The van der Waals surface area contributed by atoms with Crippen LogP contribution in [-0.2, 0) is 10.0 Å². The van der Waals surface area contributed by atoms with E-state index in [0.29, 0.717) is 12.0 Å². The normalized spacial score (nSPS) is 11.6. The third-order valence-electron chi connectivity index (χ3n) is 2.45. The van der Waals surface area contributed by atoms with Crippen LogP contribution in [0.1, 0.15) is 32.8 Å². The van der Waals surface area contributed by atoms with Crippen LogP contribution in [0.3, 0.4) is 0 Å². The Kier molecular flexibility index (Phi) is 5.54. The monoisotopic (exact) mass is 296 g/mol. The molecule has 0 saturated carbocycles. The van der Waals surface area contributed by atoms with Crippen LogP contribution in [0, 0.1) is 17.3 Å². The number of nitrogens with zero attached hydrogens (tertiary/aromatic N) is 1. The molecule has 0 aliphatic rings. The van der Waals surface area contributed by atoms with Crippen LogP contribution in [0.15, 0.2) is 18.3 Å². The molecular weight excluding hydrogens is 276 g/mol. The van der Waals surface area contributed by atoms with Crippen molar-refractivity contribution in [3.8, 4) is 11.8 Å². The summed E-state index contributed by atoms with van der Waals surface area (Å²) in [4.78, 5) is 3.96. The summed E-state index contributed by atoms with van der Waals surface area (Å²) in [5, 5.41) is 8.63. The van der Waals surface area contributed by atoms with E-state index in [0.717, 1.165) is 0 Å². The lowest BCUT2D eigenvalue weighted by Crippen LogP contribution is -2.21. The van der Waals surface area contributed by atoms with Crippen LogP contribution in [-0.4, -0.2) is 30.9 Å². The second-order valence-electron chi connectivity index (χ2n) is 5.62. The van der Waals surface area contributed by atoms with E-state index in [-0.39, 0.29) is 23.6 Å². The average Bonchev–Trinajstić information content (AvgIpc) is 2.33. The summed E-state index contributed by atoms with van der Waals surface area (Å²) in [7, 11) is -3.42. The minimum absolute atomic E-state index is 0.0450. The van der Waals surface area contributed by atoms with Gasteiger partial charge in [0.25, 0.3) is 0 Å². The number of sulfonamides is 1. The molecule has 0 unspecified atom stereocenters. The Labute approximate surface area is 120 Å². The van der Waals surface area contributed by atoms with E-state index in [9.17, 15) is 8.42 Å². The largest absolute Gasteiger partial charge is 0.384 e. The van der Waals surface area contributed by atoms with Crippen LogP contribution < -0.4 is 4.72 Å². The van der Waals surface area contributed by atoms with Crippen molar-refractivity contribution in [1.82, 2.24) is 4.98 Å². The molecule has 0 spiro atoms. The summed E-state index contributed by atoms with van der Waals surface area (Å²) in [5.74, 6) is 5.49. The van der Waals surface area contributed by atoms with E-state index in [1.807, 2.05) is 20.8 Å². The lowest BCUT2D eigenvalue weighted by molar-refractivity contribution is 0.350. The Morgan fingerprint density at radius 3 is 2.70 bits per heavy atom. The SMILES string of the molecule is CC(C)(C)CCS(=O)(=O)Nc1cc(C#CCO)ccn1. The number of hydrogen-bond donors (Lipinski definition) is 2. The van der Waals surface area contributed by atoms with Crippen LogP contribution >= 0.6 is 0 Å². The van der Waals surface area contributed by atoms with Gasteiger partial charge in [-0.2, -0.15) is 0 Å². The Bertz CT molecular complexity index is 607. The number of pyridine rings is 1. The molecule has 1 heterocycles. The molecular formula is C14H20N2O3S. The lowest BCUT2D eigenvalue weighted by Gasteiger charge is -2.17. The van der Waals surface area contributed by atoms with Crippen molar-refractivity contribution in [3.05, 3.63) is 23.9 Å². The van der Waals surface area contributed by atoms with Crippen molar-refractivity contribution in [2.24, 2.45) is 5.41 Å². The topological polar surface area (TPSA) is 79.3 Å². The van der Waals surface area contributed by atoms with Gasteiger partial charge in [0.05, 0.1) is 5.75 Å². The summed E-state index contributed by atoms with van der Waals surface area (Å²) in [5.41, 5.74) is 0.555. The van der Waals surface area contributed by atoms with Crippen molar-refractivity contribution in [2.75, 3.05) is 17.1 Å². The molecule has 0 aromatic carbocycles. The van der Waals surface area contributed by atoms with Crippen molar-refractivity contribution >= 4 is 15.8 Å². The quantitative estimate of drug-likeness (QED) is 0.827. The highest BCUT2D eigenvalue weighted by atomic mass is 32.2. The summed E-state index contributed by atoms with van der Waals surface area (Å²) in [6, 6.07) is 3.19. The molecule has 110 valence electrons. The number of rotatable bonds is 4. The zero-order valence-corrected chi connectivity index (χ0v) is 12.8. The van der Waals surface area contributed by atoms with Crippen molar-refractivity contribution in [3.63, 3.8) is 0 Å². The van der Waals surface area contributed by atoms with Crippen LogP contribution in [0.4, 0.5) is 5.82 Å². The van der Waals surface area contributed by atoms with E-state index < -0.39 is 10.0 Å². The second-order valence-corrected chi connectivity index (χ2v) is 7.46. The fourth-order valence-electron chi connectivity index (χ4n) is 1.36. The van der Waals surface area contributed by atoms with Gasteiger partial charge in [0.15, 0.2) is 0 Å². The smallest absolute Gasteiger partial charge is 0.233 e. The molecule has 0 aliphatic carbocycles. The van der Waals surface area contributed by atoms with Crippen molar-refractivity contribution in [2.45, 2.75) is 27.2 Å². The van der Waals surface area contributed by atoms with E-state index in [1.54, 1.807) is 6.07 Å². The van der Waals surface area contributed by atoms with Gasteiger partial charge in [-0.3, -0.25) is 4.72 Å². The first kappa shape index (κ1) is 16.5. The fourth-order valence-corrected chi connectivity index (χ4v) is 2.77. The first-order valence-electron chi connectivity index (χ1n) is 6.28. The van der Waals surface area contributed by atoms with Gasteiger partial charge in [-0.1, -0.05) is 32.6 Å². The second kappa shape index (κ2) is 6.73. The molecule has 20 heavy (non-hydrogen) atoms. The number of aliphatic hydroxyl groups excluding tert-OH is 1. The minimum atomic E-state index is -3.42. The summed E-state index contributed by atoms with van der Waals surface area (Å²) in [6.07, 6.45) is 2.04. The van der Waals surface area contributed by atoms with Gasteiger partial charge < -0.3 is 5.11 Å². The third kappa shape index (κ3) is 6.55. The maximum Gasteiger partial charge on any atom is 0.233 e. The maximum atomic E-state index is 11.9. The average molecular weight is 296 g/mol. The van der Waals surface area contributed by atoms with Crippen LogP contribution in [0.5, 0.6) is 0 Å². The zero-order chi connectivity index (χ0) is 15.2. The van der Waals surface area contributed by atoms with Crippen LogP contribution in [0.25, 0.3) is 0 Å². The number of aromatic nitrogens is 1. The van der Waals surface area contributed by atoms with Gasteiger partial charge in [-0.05, 0) is 24.0 Å². The van der Waals surface area contributed by atoms with Gasteiger partial charge in [-0.25, -0.2) is 13.4 Å². The molecule has 5 nitrogen and oxygen atoms in total. The Morgan fingerprint density at radius 1 is 1.40 bits per heavy atom. The highest BCUT2D eigenvalue weighted by Crippen LogP contribution is 2.20. The summed E-state index contributed by atoms with van der Waals surface area (Å²) in [6.45, 7) is 5.73. The lowest BCUT2D eigenvalue weighted by atomic mass is 9.94. The van der Waals surface area contributed by atoms with Gasteiger partial charge in [0.1, 0.15) is 12.4 Å². The Hall–Kier alpha value is -1.58.